The molecule has 1 aromatic rings. The van der Waals surface area contributed by atoms with Gasteiger partial charge in [0.05, 0.1) is 5.56 Å². The lowest BCUT2D eigenvalue weighted by Gasteiger charge is -2.17. The summed E-state index contributed by atoms with van der Waals surface area (Å²) in [6.45, 7) is 0. The Morgan fingerprint density at radius 1 is 1.44 bits per heavy atom. The first-order chi connectivity index (χ1) is 8.11. The van der Waals surface area contributed by atoms with E-state index in [1.165, 1.54) is 0 Å². The average molecular weight is 330 g/mol. The Labute approximate surface area is 107 Å². The fraction of sp³-hybridized carbons (Fsp3) is 0.222. The number of carbonyl (C=O) groups is 1. The Morgan fingerprint density at radius 3 is 2.44 bits per heavy atom. The van der Waals surface area contributed by atoms with Crippen LogP contribution >= 0.6 is 15.9 Å². The first-order valence-corrected chi connectivity index (χ1v) is 5.16. The van der Waals surface area contributed by atoms with Crippen molar-refractivity contribution < 1.29 is 32.9 Å². The fourth-order valence-electron chi connectivity index (χ4n) is 1.24. The number of nitrogens with two attached hydrogens (primary N) is 1. The lowest BCUT2D eigenvalue weighted by atomic mass is 10.1. The maximum absolute atomic E-state index is 12.1. The van der Waals surface area contributed by atoms with Gasteiger partial charge in [0.25, 0.3) is 0 Å². The molecule has 0 saturated heterocycles. The number of anilines is 1. The molecule has 0 amide bonds. The summed E-state index contributed by atoms with van der Waals surface area (Å²) >= 11 is 2.88. The molecular formula is C9H7BrF3NO4. The molecule has 4 N–H and O–H groups in total. The highest BCUT2D eigenvalue weighted by molar-refractivity contribution is 9.10. The second-order valence-corrected chi connectivity index (χ2v) is 4.11. The van der Waals surface area contributed by atoms with Crippen LogP contribution < -0.4 is 10.5 Å². The number of aliphatic hydroxyl groups is 1. The standard InChI is InChI=1S/C9H7BrF3NO4/c10-3-1-4(14)6(7(15)8(16)17)5(2-3)18-9(11,12)13/h1-2,7,15H,14H2,(H,16,17). The molecule has 1 unspecified atom stereocenters. The number of carboxylic acid groups (broad SMARTS) is 1. The van der Waals surface area contributed by atoms with Crippen molar-refractivity contribution in [2.75, 3.05) is 5.73 Å². The molecule has 18 heavy (non-hydrogen) atoms. The predicted molar refractivity (Wildman–Crippen MR) is 57.8 cm³/mol. The number of benzene rings is 1. The number of carboxylic acids is 1. The van der Waals surface area contributed by atoms with Gasteiger partial charge in [-0.15, -0.1) is 13.2 Å². The molecule has 0 heterocycles. The van der Waals surface area contributed by atoms with E-state index in [4.69, 9.17) is 10.8 Å². The quantitative estimate of drug-likeness (QED) is 0.738. The lowest BCUT2D eigenvalue weighted by Crippen LogP contribution is -2.21. The van der Waals surface area contributed by atoms with Crippen molar-refractivity contribution in [3.8, 4) is 5.75 Å². The van der Waals surface area contributed by atoms with Gasteiger partial charge in [0, 0.05) is 10.2 Å². The van der Waals surface area contributed by atoms with Crippen LogP contribution in [0.5, 0.6) is 5.75 Å². The van der Waals surface area contributed by atoms with E-state index in [-0.39, 0.29) is 10.2 Å². The van der Waals surface area contributed by atoms with Gasteiger partial charge in [-0.2, -0.15) is 0 Å². The largest absolute Gasteiger partial charge is 0.573 e. The number of hydrogen-bond acceptors (Lipinski definition) is 4. The minimum Gasteiger partial charge on any atom is -0.479 e. The van der Waals surface area contributed by atoms with Crippen LogP contribution in [0.2, 0.25) is 0 Å². The van der Waals surface area contributed by atoms with Crippen molar-refractivity contribution in [1.82, 2.24) is 0 Å². The summed E-state index contributed by atoms with van der Waals surface area (Å²) in [6, 6.07) is 2.02. The molecule has 1 atom stereocenters. The maximum atomic E-state index is 12.1. The number of halogens is 4. The smallest absolute Gasteiger partial charge is 0.479 e. The van der Waals surface area contributed by atoms with Crippen molar-refractivity contribution >= 4 is 27.6 Å². The summed E-state index contributed by atoms with van der Waals surface area (Å²) < 4.78 is 40.2. The summed E-state index contributed by atoms with van der Waals surface area (Å²) in [5.74, 6) is -2.61. The summed E-state index contributed by atoms with van der Waals surface area (Å²) in [4.78, 5) is 10.6. The van der Waals surface area contributed by atoms with Crippen molar-refractivity contribution in [3.05, 3.63) is 22.2 Å². The maximum Gasteiger partial charge on any atom is 0.573 e. The highest BCUT2D eigenvalue weighted by atomic mass is 79.9. The molecule has 0 aliphatic heterocycles. The third-order valence-corrected chi connectivity index (χ3v) is 2.33. The highest BCUT2D eigenvalue weighted by Crippen LogP contribution is 2.37. The summed E-state index contributed by atoms with van der Waals surface area (Å²) in [7, 11) is 0. The van der Waals surface area contributed by atoms with Crippen LogP contribution in [0.15, 0.2) is 16.6 Å². The number of ether oxygens (including phenoxy) is 1. The average Bonchev–Trinajstić information content (AvgIpc) is 2.12. The van der Waals surface area contributed by atoms with Crippen LogP contribution in [0.1, 0.15) is 11.7 Å². The van der Waals surface area contributed by atoms with Gasteiger partial charge >= 0.3 is 12.3 Å². The van der Waals surface area contributed by atoms with E-state index in [2.05, 4.69) is 20.7 Å². The van der Waals surface area contributed by atoms with E-state index in [1.807, 2.05) is 0 Å². The normalized spacial score (nSPS) is 13.2. The van der Waals surface area contributed by atoms with E-state index < -0.39 is 29.7 Å². The first-order valence-electron chi connectivity index (χ1n) is 4.37. The molecule has 0 bridgehead atoms. The number of nitrogen functional groups attached to an aromatic ring is 1. The van der Waals surface area contributed by atoms with Crippen molar-refractivity contribution in [1.29, 1.82) is 0 Å². The lowest BCUT2D eigenvalue weighted by molar-refractivity contribution is -0.275. The number of rotatable bonds is 3. The van der Waals surface area contributed by atoms with E-state index in [1.54, 1.807) is 0 Å². The number of aliphatic hydroxyl groups excluding tert-OH is 1. The Hall–Kier alpha value is -1.48. The SMILES string of the molecule is Nc1cc(Br)cc(OC(F)(F)F)c1C(O)C(=O)O. The number of hydrogen-bond donors (Lipinski definition) is 3. The van der Waals surface area contributed by atoms with Crippen LogP contribution in [0, 0.1) is 0 Å². The molecule has 1 aromatic carbocycles. The monoisotopic (exact) mass is 329 g/mol. The van der Waals surface area contributed by atoms with Gasteiger partial charge in [-0.25, -0.2) is 4.79 Å². The van der Waals surface area contributed by atoms with Crippen LogP contribution in [-0.2, 0) is 4.79 Å². The first kappa shape index (κ1) is 14.6. The molecule has 0 fully saturated rings. The van der Waals surface area contributed by atoms with E-state index >= 15 is 0 Å². The third-order valence-electron chi connectivity index (χ3n) is 1.87. The zero-order valence-electron chi connectivity index (χ0n) is 8.53. The Balaban J connectivity index is 3.34. The van der Waals surface area contributed by atoms with Gasteiger partial charge in [-0.3, -0.25) is 0 Å². The van der Waals surface area contributed by atoms with Gasteiger partial charge < -0.3 is 20.7 Å². The van der Waals surface area contributed by atoms with Crippen molar-refractivity contribution in [2.45, 2.75) is 12.5 Å². The zero-order valence-corrected chi connectivity index (χ0v) is 10.1. The Morgan fingerprint density at radius 2 is 2.00 bits per heavy atom. The molecule has 0 spiro atoms. The van der Waals surface area contributed by atoms with Crippen molar-refractivity contribution in [2.24, 2.45) is 0 Å². The molecule has 0 aliphatic rings. The highest BCUT2D eigenvalue weighted by Gasteiger charge is 2.35. The van der Waals surface area contributed by atoms with Crippen molar-refractivity contribution in [3.63, 3.8) is 0 Å². The molecule has 1 rings (SSSR count). The van der Waals surface area contributed by atoms with E-state index in [9.17, 15) is 23.1 Å². The zero-order chi connectivity index (χ0) is 14.1. The second-order valence-electron chi connectivity index (χ2n) is 3.20. The van der Waals surface area contributed by atoms with E-state index in [0.717, 1.165) is 12.1 Å². The third kappa shape index (κ3) is 3.50. The number of aliphatic carboxylic acids is 1. The Kier molecular flexibility index (Phi) is 4.07. The molecule has 100 valence electrons. The fourth-order valence-corrected chi connectivity index (χ4v) is 1.69. The molecule has 0 radical (unpaired) electrons. The molecule has 9 heteroatoms. The molecular weight excluding hydrogens is 323 g/mol. The van der Waals surface area contributed by atoms with Crippen LogP contribution in [0.25, 0.3) is 0 Å². The van der Waals surface area contributed by atoms with Gasteiger partial charge in [0.1, 0.15) is 5.75 Å². The minimum atomic E-state index is -5.03. The van der Waals surface area contributed by atoms with Crippen LogP contribution in [0.3, 0.4) is 0 Å². The molecule has 0 aliphatic carbocycles. The topological polar surface area (TPSA) is 92.8 Å². The Bertz CT molecular complexity index is 478. The summed E-state index contributed by atoms with van der Waals surface area (Å²) in [5, 5.41) is 17.9. The van der Waals surface area contributed by atoms with Gasteiger partial charge in [0.15, 0.2) is 6.10 Å². The van der Waals surface area contributed by atoms with E-state index in [0.29, 0.717) is 0 Å². The van der Waals surface area contributed by atoms with Gasteiger partial charge in [-0.1, -0.05) is 15.9 Å². The molecule has 0 aromatic heterocycles. The second kappa shape index (κ2) is 5.02. The predicted octanol–water partition coefficient (Wildman–Crippen LogP) is 2.05. The van der Waals surface area contributed by atoms with Crippen LogP contribution in [-0.4, -0.2) is 22.5 Å². The number of alkyl halides is 3. The minimum absolute atomic E-state index is 0.153. The molecule has 0 saturated carbocycles. The summed E-state index contributed by atoms with van der Waals surface area (Å²) in [6.07, 6.45) is -7.24. The van der Waals surface area contributed by atoms with Crippen LogP contribution in [0.4, 0.5) is 18.9 Å². The summed E-state index contributed by atoms with van der Waals surface area (Å²) in [5.41, 5.74) is 4.39. The van der Waals surface area contributed by atoms with Gasteiger partial charge in [0.2, 0.25) is 0 Å². The van der Waals surface area contributed by atoms with Gasteiger partial charge in [-0.05, 0) is 12.1 Å². The molecule has 5 nitrogen and oxygen atoms in total.